The molecule has 0 saturated carbocycles. The van der Waals surface area contributed by atoms with Crippen LogP contribution in [0.25, 0.3) is 0 Å². The van der Waals surface area contributed by atoms with Gasteiger partial charge in [-0.1, -0.05) is 60.4 Å². The van der Waals surface area contributed by atoms with Gasteiger partial charge < -0.3 is 0 Å². The second kappa shape index (κ2) is 7.47. The summed E-state index contributed by atoms with van der Waals surface area (Å²) in [5, 5.41) is 27.9. The summed E-state index contributed by atoms with van der Waals surface area (Å²) >= 11 is 0. The minimum atomic E-state index is -1.26. The van der Waals surface area contributed by atoms with Crippen molar-refractivity contribution >= 4 is 0 Å². The normalized spacial score (nSPS) is 9.61. The Bertz CT molecular complexity index is 851. The molecule has 0 aromatic heterocycles. The van der Waals surface area contributed by atoms with Crippen LogP contribution in [-0.4, -0.2) is 0 Å². The predicted molar refractivity (Wildman–Crippen MR) is 86.6 cm³/mol. The van der Waals surface area contributed by atoms with E-state index in [-0.39, 0.29) is 6.42 Å². The van der Waals surface area contributed by atoms with Crippen molar-refractivity contribution < 1.29 is 0 Å². The van der Waals surface area contributed by atoms with E-state index in [0.29, 0.717) is 17.5 Å². The van der Waals surface area contributed by atoms with E-state index in [1.54, 1.807) is 36.4 Å². The molecule has 2 aromatic rings. The van der Waals surface area contributed by atoms with E-state index in [0.717, 1.165) is 5.56 Å². The summed E-state index contributed by atoms with van der Waals surface area (Å²) in [5.74, 6) is 5.89. The van der Waals surface area contributed by atoms with E-state index in [1.807, 2.05) is 18.2 Å². The molecule has 0 aliphatic carbocycles. The average molecular weight is 295 g/mol. The molecule has 0 unspecified atom stereocenters. The van der Waals surface area contributed by atoms with Gasteiger partial charge in [0.2, 0.25) is 0 Å². The van der Waals surface area contributed by atoms with Crippen LogP contribution < -0.4 is 0 Å². The lowest BCUT2D eigenvalue weighted by molar-refractivity contribution is 0.726. The summed E-state index contributed by atoms with van der Waals surface area (Å²) in [7, 11) is 0. The van der Waals surface area contributed by atoms with Gasteiger partial charge in [-0.25, -0.2) is 0 Å². The quantitative estimate of drug-likeness (QED) is 0.814. The Hall–Kier alpha value is -3.53. The molecule has 0 fully saturated rings. The van der Waals surface area contributed by atoms with Crippen LogP contribution in [-0.2, 0) is 11.8 Å². The van der Waals surface area contributed by atoms with Crippen molar-refractivity contribution in [2.75, 3.05) is 0 Å². The van der Waals surface area contributed by atoms with Crippen molar-refractivity contribution in [3.05, 3.63) is 71.3 Å². The van der Waals surface area contributed by atoms with Crippen molar-refractivity contribution in [3.63, 3.8) is 0 Å². The van der Waals surface area contributed by atoms with Crippen molar-refractivity contribution in [1.29, 1.82) is 15.8 Å². The van der Waals surface area contributed by atoms with E-state index in [4.69, 9.17) is 5.26 Å². The Morgan fingerprint density at radius 1 is 0.783 bits per heavy atom. The zero-order valence-electron chi connectivity index (χ0n) is 12.5. The topological polar surface area (TPSA) is 71.4 Å². The van der Waals surface area contributed by atoms with Crippen LogP contribution in [0, 0.1) is 45.8 Å². The van der Waals surface area contributed by atoms with Crippen LogP contribution in [0.1, 0.15) is 23.1 Å². The molecule has 0 amide bonds. The van der Waals surface area contributed by atoms with Gasteiger partial charge >= 0.3 is 0 Å². The van der Waals surface area contributed by atoms with Crippen molar-refractivity contribution in [3.8, 4) is 30.0 Å². The van der Waals surface area contributed by atoms with Crippen LogP contribution in [0.5, 0.6) is 0 Å². The summed E-state index contributed by atoms with van der Waals surface area (Å²) < 4.78 is 0. The largest absolute Gasteiger partial charge is 0.196 e. The highest BCUT2D eigenvalue weighted by Crippen LogP contribution is 2.26. The van der Waals surface area contributed by atoms with Gasteiger partial charge in [0, 0.05) is 12.8 Å². The number of benzene rings is 2. The van der Waals surface area contributed by atoms with Crippen LogP contribution in [0.2, 0.25) is 0 Å². The molecule has 23 heavy (non-hydrogen) atoms. The molecule has 0 radical (unpaired) electrons. The molecule has 0 heterocycles. The monoisotopic (exact) mass is 295 g/mol. The van der Waals surface area contributed by atoms with Crippen LogP contribution in [0.15, 0.2) is 54.6 Å². The number of nitrogens with zero attached hydrogens (tertiary/aromatic N) is 3. The minimum Gasteiger partial charge on any atom is -0.196 e. The van der Waals surface area contributed by atoms with Gasteiger partial charge in [0.25, 0.3) is 0 Å². The molecular weight excluding hydrogens is 282 g/mol. The summed E-state index contributed by atoms with van der Waals surface area (Å²) in [6.07, 6.45) is 0.560. The molecule has 3 heteroatoms. The second-order valence-corrected chi connectivity index (χ2v) is 4.97. The number of nitriles is 3. The molecule has 0 spiro atoms. The van der Waals surface area contributed by atoms with E-state index in [1.165, 1.54) is 0 Å². The second-order valence-electron chi connectivity index (χ2n) is 4.97. The fourth-order valence-electron chi connectivity index (χ4n) is 2.19. The van der Waals surface area contributed by atoms with E-state index in [2.05, 4.69) is 30.0 Å². The fraction of sp³-hybridized carbons (Fsp3) is 0.150. The SMILES string of the molecule is N#Cc1ccccc1CC#CCC(C#N)(C#N)c1ccccc1. The van der Waals surface area contributed by atoms with Gasteiger partial charge in [0.15, 0.2) is 5.41 Å². The Morgan fingerprint density at radius 2 is 1.43 bits per heavy atom. The Kier molecular flexibility index (Phi) is 5.15. The summed E-state index contributed by atoms with van der Waals surface area (Å²) in [5.41, 5.74) is 0.832. The number of hydrogen-bond donors (Lipinski definition) is 0. The zero-order chi connectivity index (χ0) is 16.5. The van der Waals surface area contributed by atoms with Crippen molar-refractivity contribution in [2.45, 2.75) is 18.3 Å². The summed E-state index contributed by atoms with van der Waals surface area (Å²) in [4.78, 5) is 0. The molecule has 0 saturated heterocycles. The average Bonchev–Trinajstić information content (AvgIpc) is 2.63. The molecule has 0 aliphatic heterocycles. The molecule has 0 aliphatic rings. The van der Waals surface area contributed by atoms with Gasteiger partial charge in [-0.2, -0.15) is 15.8 Å². The Labute approximate surface area is 136 Å². The van der Waals surface area contributed by atoms with Crippen LogP contribution >= 0.6 is 0 Å². The smallest absolute Gasteiger partial charge is 0.179 e. The first kappa shape index (κ1) is 15.9. The van der Waals surface area contributed by atoms with Crippen LogP contribution in [0.4, 0.5) is 0 Å². The fourth-order valence-corrected chi connectivity index (χ4v) is 2.19. The lowest BCUT2D eigenvalue weighted by Gasteiger charge is -2.15. The third-order valence-electron chi connectivity index (χ3n) is 3.54. The van der Waals surface area contributed by atoms with E-state index < -0.39 is 5.41 Å². The predicted octanol–water partition coefficient (Wildman–Crippen LogP) is 3.48. The van der Waals surface area contributed by atoms with Gasteiger partial charge in [-0.05, 0) is 17.2 Å². The Morgan fingerprint density at radius 3 is 2.09 bits per heavy atom. The molecule has 3 nitrogen and oxygen atoms in total. The highest BCUT2D eigenvalue weighted by molar-refractivity contribution is 5.43. The third kappa shape index (κ3) is 3.57. The standard InChI is InChI=1S/C20H13N3/c21-14-18-10-5-4-8-17(18)9-6-7-13-20(15-22,16-23)19-11-2-1-3-12-19/h1-5,8,10-12H,9,13H2. The minimum absolute atomic E-state index is 0.138. The summed E-state index contributed by atoms with van der Waals surface area (Å²) in [6, 6.07) is 22.5. The van der Waals surface area contributed by atoms with Gasteiger partial charge in [0.05, 0.1) is 23.8 Å². The third-order valence-corrected chi connectivity index (χ3v) is 3.54. The van der Waals surface area contributed by atoms with E-state index in [9.17, 15) is 10.5 Å². The zero-order valence-corrected chi connectivity index (χ0v) is 12.5. The molecule has 0 N–H and O–H groups in total. The maximum atomic E-state index is 9.45. The first-order valence-corrected chi connectivity index (χ1v) is 7.07. The summed E-state index contributed by atoms with van der Waals surface area (Å²) in [6.45, 7) is 0. The molecular formula is C20H13N3. The first-order chi connectivity index (χ1) is 11.3. The van der Waals surface area contributed by atoms with E-state index >= 15 is 0 Å². The highest BCUT2D eigenvalue weighted by atomic mass is 14.4. The highest BCUT2D eigenvalue weighted by Gasteiger charge is 2.31. The molecule has 0 atom stereocenters. The molecule has 2 rings (SSSR count). The van der Waals surface area contributed by atoms with Crippen molar-refractivity contribution in [1.82, 2.24) is 0 Å². The molecule has 108 valence electrons. The molecule has 0 bridgehead atoms. The Balaban J connectivity index is 2.18. The molecule has 2 aromatic carbocycles. The number of rotatable bonds is 3. The van der Waals surface area contributed by atoms with Crippen molar-refractivity contribution in [2.24, 2.45) is 0 Å². The van der Waals surface area contributed by atoms with Gasteiger partial charge in [0.1, 0.15) is 0 Å². The first-order valence-electron chi connectivity index (χ1n) is 7.07. The van der Waals surface area contributed by atoms with Crippen LogP contribution in [0.3, 0.4) is 0 Å². The maximum Gasteiger partial charge on any atom is 0.179 e. The van der Waals surface area contributed by atoms with Gasteiger partial charge in [-0.3, -0.25) is 0 Å². The van der Waals surface area contributed by atoms with Gasteiger partial charge in [-0.15, -0.1) is 0 Å². The number of hydrogen-bond acceptors (Lipinski definition) is 3. The maximum absolute atomic E-state index is 9.45. The lowest BCUT2D eigenvalue weighted by atomic mass is 9.80. The lowest BCUT2D eigenvalue weighted by Crippen LogP contribution is -2.21.